The minimum absolute atomic E-state index is 0.426. The molecule has 1 N–H and O–H groups in total. The highest BCUT2D eigenvalue weighted by atomic mass is 14.9. The Bertz CT molecular complexity index is 1010. The van der Waals surface area contributed by atoms with Gasteiger partial charge in [-0.25, -0.2) is 0 Å². The van der Waals surface area contributed by atoms with Gasteiger partial charge >= 0.3 is 0 Å². The molecular weight excluding hydrogens is 388 g/mol. The Hall–Kier alpha value is -1.41. The van der Waals surface area contributed by atoms with Crippen LogP contribution in [0, 0.1) is 34.0 Å². The van der Waals surface area contributed by atoms with Crippen molar-refractivity contribution in [2.75, 3.05) is 7.05 Å². The molecule has 32 heavy (non-hydrogen) atoms. The molecule has 0 radical (unpaired) electrons. The SMILES string of the molecule is CN[C@H]1CC[C@@]2(C)C(CC[C@@H]3C2CC[C@]2(C)C(c4ccc5ccncc5c4)CC[C@@]32C)C1. The molecule has 2 nitrogen and oxygen atoms in total. The maximum absolute atomic E-state index is 4.40. The number of hydrogen-bond acceptors (Lipinski definition) is 2. The van der Waals surface area contributed by atoms with Crippen LogP contribution in [-0.4, -0.2) is 18.1 Å². The molecule has 8 atom stereocenters. The largest absolute Gasteiger partial charge is 0.317 e. The predicted octanol–water partition coefficient (Wildman–Crippen LogP) is 7.34. The summed E-state index contributed by atoms with van der Waals surface area (Å²) in [4.78, 5) is 4.40. The van der Waals surface area contributed by atoms with Crippen LogP contribution < -0.4 is 5.32 Å². The number of rotatable bonds is 2. The van der Waals surface area contributed by atoms with Gasteiger partial charge in [0.2, 0.25) is 0 Å². The summed E-state index contributed by atoms with van der Waals surface area (Å²) in [6, 6.07) is 10.1. The van der Waals surface area contributed by atoms with Crippen molar-refractivity contribution >= 4 is 10.8 Å². The second-order valence-corrected chi connectivity index (χ2v) is 12.7. The van der Waals surface area contributed by atoms with E-state index in [-0.39, 0.29) is 0 Å². The molecule has 4 saturated carbocycles. The number of nitrogens with one attached hydrogen (secondary N) is 1. The Labute approximate surface area is 195 Å². The lowest BCUT2D eigenvalue weighted by Gasteiger charge is -2.65. The number of benzene rings is 1. The molecule has 0 amide bonds. The van der Waals surface area contributed by atoms with Crippen molar-refractivity contribution in [1.29, 1.82) is 0 Å². The van der Waals surface area contributed by atoms with E-state index in [0.29, 0.717) is 22.2 Å². The molecule has 4 aliphatic carbocycles. The van der Waals surface area contributed by atoms with E-state index in [9.17, 15) is 0 Å². The van der Waals surface area contributed by atoms with Crippen LogP contribution in [0.5, 0.6) is 0 Å². The second kappa shape index (κ2) is 7.29. The molecule has 3 unspecified atom stereocenters. The monoisotopic (exact) mass is 430 g/mol. The Balaban J connectivity index is 1.33. The Morgan fingerprint density at radius 2 is 1.69 bits per heavy atom. The van der Waals surface area contributed by atoms with Crippen molar-refractivity contribution in [3.63, 3.8) is 0 Å². The third kappa shape index (κ3) is 2.77. The van der Waals surface area contributed by atoms with Crippen molar-refractivity contribution in [3.8, 4) is 0 Å². The zero-order valence-corrected chi connectivity index (χ0v) is 20.7. The molecule has 1 aromatic carbocycles. The molecule has 172 valence electrons. The number of hydrogen-bond donors (Lipinski definition) is 1. The van der Waals surface area contributed by atoms with Crippen molar-refractivity contribution < 1.29 is 0 Å². The summed E-state index contributed by atoms with van der Waals surface area (Å²) in [5, 5.41) is 6.24. The maximum atomic E-state index is 4.40. The first-order valence-electron chi connectivity index (χ1n) is 13.4. The quantitative estimate of drug-likeness (QED) is 0.539. The number of fused-ring (bicyclic) bond motifs is 6. The molecule has 4 aliphatic rings. The van der Waals surface area contributed by atoms with Crippen molar-refractivity contribution in [3.05, 3.63) is 42.2 Å². The number of pyridine rings is 1. The number of aromatic nitrogens is 1. The highest BCUT2D eigenvalue weighted by molar-refractivity contribution is 5.82. The van der Waals surface area contributed by atoms with E-state index in [2.05, 4.69) is 68.6 Å². The summed E-state index contributed by atoms with van der Waals surface area (Å²) in [6.07, 6.45) is 16.8. The van der Waals surface area contributed by atoms with Gasteiger partial charge in [0.15, 0.2) is 0 Å². The molecule has 1 aromatic heterocycles. The molecule has 0 aliphatic heterocycles. The van der Waals surface area contributed by atoms with E-state index in [1.807, 2.05) is 6.20 Å². The molecule has 2 heteroatoms. The standard InChI is InChI=1S/C30H42N2/c1-28-13-9-24(31-4)18-23(28)7-8-27-26(28)11-15-29(2)25(10-14-30(27,29)3)21-6-5-20-12-16-32-19-22(20)17-21/h5-6,12,16-17,19,23-27,31H,7-11,13-15,18H2,1-4H3/t23?,24-,25?,26?,27+,28-,29+,30-/m0/s1. The topological polar surface area (TPSA) is 24.9 Å². The summed E-state index contributed by atoms with van der Waals surface area (Å²) in [6.45, 7) is 8.10. The zero-order chi connectivity index (χ0) is 22.1. The minimum Gasteiger partial charge on any atom is -0.317 e. The lowest BCUT2D eigenvalue weighted by Crippen LogP contribution is -2.58. The Morgan fingerprint density at radius 1 is 0.844 bits per heavy atom. The normalized spacial score (nSPS) is 45.8. The van der Waals surface area contributed by atoms with Gasteiger partial charge in [-0.3, -0.25) is 4.98 Å². The fourth-order valence-electron chi connectivity index (χ4n) is 9.78. The summed E-state index contributed by atoms with van der Waals surface area (Å²) in [5.41, 5.74) is 3.06. The van der Waals surface area contributed by atoms with Gasteiger partial charge in [-0.1, -0.05) is 32.9 Å². The Morgan fingerprint density at radius 3 is 2.53 bits per heavy atom. The van der Waals surface area contributed by atoms with E-state index in [1.54, 1.807) is 5.56 Å². The van der Waals surface area contributed by atoms with Crippen molar-refractivity contribution in [2.45, 2.75) is 90.5 Å². The molecule has 1 heterocycles. The van der Waals surface area contributed by atoms with E-state index < -0.39 is 0 Å². The maximum Gasteiger partial charge on any atom is 0.0346 e. The van der Waals surface area contributed by atoms with Gasteiger partial charge in [0.05, 0.1) is 0 Å². The van der Waals surface area contributed by atoms with E-state index >= 15 is 0 Å². The van der Waals surface area contributed by atoms with Crippen LogP contribution in [0.4, 0.5) is 0 Å². The van der Waals surface area contributed by atoms with Crippen LogP contribution in [0.25, 0.3) is 10.8 Å². The molecule has 0 saturated heterocycles. The van der Waals surface area contributed by atoms with Crippen LogP contribution in [0.15, 0.2) is 36.7 Å². The van der Waals surface area contributed by atoms with E-state index in [1.165, 1.54) is 68.6 Å². The average molecular weight is 431 g/mol. The summed E-state index contributed by atoms with van der Waals surface area (Å²) in [7, 11) is 2.17. The first kappa shape index (κ1) is 21.1. The Kier molecular flexibility index (Phi) is 4.82. The van der Waals surface area contributed by atoms with Gasteiger partial charge in [0.25, 0.3) is 0 Å². The third-order valence-electron chi connectivity index (χ3n) is 12.0. The lowest BCUT2D eigenvalue weighted by molar-refractivity contribution is -0.149. The lowest BCUT2D eigenvalue weighted by atomic mass is 9.40. The average Bonchev–Trinajstić information content (AvgIpc) is 3.09. The van der Waals surface area contributed by atoms with E-state index in [4.69, 9.17) is 0 Å². The third-order valence-corrected chi connectivity index (χ3v) is 12.0. The van der Waals surface area contributed by atoms with Crippen molar-refractivity contribution in [2.24, 2.45) is 34.0 Å². The van der Waals surface area contributed by atoms with Crippen LogP contribution >= 0.6 is 0 Å². The predicted molar refractivity (Wildman–Crippen MR) is 134 cm³/mol. The van der Waals surface area contributed by atoms with Crippen LogP contribution in [0.2, 0.25) is 0 Å². The van der Waals surface area contributed by atoms with Crippen molar-refractivity contribution in [1.82, 2.24) is 10.3 Å². The van der Waals surface area contributed by atoms with Crippen LogP contribution in [-0.2, 0) is 0 Å². The molecule has 0 bridgehead atoms. The fourth-order valence-corrected chi connectivity index (χ4v) is 9.78. The highest BCUT2D eigenvalue weighted by Crippen LogP contribution is 2.74. The zero-order valence-electron chi connectivity index (χ0n) is 20.7. The molecule has 0 spiro atoms. The molecule has 4 fully saturated rings. The summed E-state index contributed by atoms with van der Waals surface area (Å²) >= 11 is 0. The van der Waals surface area contributed by atoms with Gasteiger partial charge < -0.3 is 5.32 Å². The summed E-state index contributed by atoms with van der Waals surface area (Å²) < 4.78 is 0. The minimum atomic E-state index is 0.426. The van der Waals surface area contributed by atoms with Crippen LogP contribution in [0.3, 0.4) is 0 Å². The van der Waals surface area contributed by atoms with Gasteiger partial charge in [-0.2, -0.15) is 0 Å². The smallest absolute Gasteiger partial charge is 0.0346 e. The van der Waals surface area contributed by atoms with E-state index in [0.717, 1.165) is 23.8 Å². The molecule has 2 aromatic rings. The van der Waals surface area contributed by atoms with Crippen LogP contribution in [0.1, 0.15) is 90.0 Å². The van der Waals surface area contributed by atoms with Gasteiger partial charge in [-0.15, -0.1) is 0 Å². The van der Waals surface area contributed by atoms with Gasteiger partial charge in [-0.05, 0) is 128 Å². The summed E-state index contributed by atoms with van der Waals surface area (Å²) in [5.74, 6) is 3.49. The van der Waals surface area contributed by atoms with Gasteiger partial charge in [0, 0.05) is 23.8 Å². The molecular formula is C30H42N2. The van der Waals surface area contributed by atoms with Gasteiger partial charge in [0.1, 0.15) is 0 Å². The first-order chi connectivity index (χ1) is 15.4. The fraction of sp³-hybridized carbons (Fsp3) is 0.700. The number of nitrogens with zero attached hydrogens (tertiary/aromatic N) is 1. The first-order valence-corrected chi connectivity index (χ1v) is 13.4. The second-order valence-electron chi connectivity index (χ2n) is 12.7. The molecule has 6 rings (SSSR count). The highest BCUT2D eigenvalue weighted by Gasteiger charge is 2.65.